The molecule has 0 saturated carbocycles. The molecule has 3 unspecified atom stereocenters. The summed E-state index contributed by atoms with van der Waals surface area (Å²) in [6, 6.07) is -0.891. The van der Waals surface area contributed by atoms with Gasteiger partial charge >= 0.3 is 5.97 Å². The van der Waals surface area contributed by atoms with E-state index in [1.165, 1.54) is 135 Å². The molecule has 9 nitrogen and oxygen atoms in total. The SMILES string of the molecule is CCCCC/C=C\C/C=C\C/C=C\CCCCCCCCC(=O)NC(COP(=O)([O-])OCC[N+](C)(C)C)C(/C=C\CCCCCCCCCCCC)OC(=O)CCCCCCCCCCCCC. The number of amides is 1. The van der Waals surface area contributed by atoms with Crippen LogP contribution < -0.4 is 10.2 Å². The number of carbonyl (C=O) groups excluding carboxylic acids is 2. The number of allylic oxidation sites excluding steroid dienone is 7. The number of quaternary nitrogens is 1. The van der Waals surface area contributed by atoms with E-state index in [4.69, 9.17) is 13.8 Å². The van der Waals surface area contributed by atoms with Crippen LogP contribution >= 0.6 is 7.82 Å². The maximum absolute atomic E-state index is 13.5. The van der Waals surface area contributed by atoms with Crippen LogP contribution in [0.4, 0.5) is 0 Å². The van der Waals surface area contributed by atoms with Crippen LogP contribution in [0, 0.1) is 0 Å². The highest BCUT2D eigenvalue weighted by molar-refractivity contribution is 7.45. The van der Waals surface area contributed by atoms with Crippen molar-refractivity contribution in [2.75, 3.05) is 40.9 Å². The smallest absolute Gasteiger partial charge is 0.306 e. The number of phosphoric ester groups is 1. The van der Waals surface area contributed by atoms with Gasteiger partial charge in [0.15, 0.2) is 0 Å². The summed E-state index contributed by atoms with van der Waals surface area (Å²) in [6.45, 7) is 6.80. The van der Waals surface area contributed by atoms with Gasteiger partial charge in [-0.1, -0.05) is 224 Å². The molecule has 0 saturated heterocycles. The molecule has 0 aromatic rings. The number of unbranched alkanes of at least 4 members (excludes halogenated alkanes) is 29. The van der Waals surface area contributed by atoms with Crippen LogP contribution in [0.15, 0.2) is 48.6 Å². The first-order valence-corrected chi connectivity index (χ1v) is 29.9. The first-order valence-electron chi connectivity index (χ1n) is 28.4. The molecule has 10 heteroatoms. The molecule has 0 fully saturated rings. The van der Waals surface area contributed by atoms with E-state index >= 15 is 0 Å². The molecule has 1 amide bonds. The highest BCUT2D eigenvalue weighted by atomic mass is 31.2. The quantitative estimate of drug-likeness (QED) is 0.0212. The van der Waals surface area contributed by atoms with E-state index in [-0.39, 0.29) is 24.9 Å². The molecule has 0 aliphatic heterocycles. The van der Waals surface area contributed by atoms with E-state index in [0.717, 1.165) is 89.9 Å². The van der Waals surface area contributed by atoms with Crippen LogP contribution in [0.1, 0.15) is 258 Å². The first kappa shape index (κ1) is 66.0. The zero-order valence-electron chi connectivity index (χ0n) is 45.3. The zero-order chi connectivity index (χ0) is 50.1. The molecule has 3 atom stereocenters. The number of phosphoric acid groups is 1. The molecule has 0 aliphatic rings. The van der Waals surface area contributed by atoms with Gasteiger partial charge in [-0.25, -0.2) is 0 Å². The van der Waals surface area contributed by atoms with Crippen molar-refractivity contribution in [1.29, 1.82) is 0 Å². The fourth-order valence-electron chi connectivity index (χ4n) is 8.06. The number of hydrogen-bond donors (Lipinski definition) is 1. The van der Waals surface area contributed by atoms with Gasteiger partial charge in [0.2, 0.25) is 5.91 Å². The van der Waals surface area contributed by atoms with Crippen LogP contribution in [-0.4, -0.2) is 69.4 Å². The Hall–Kier alpha value is -2.03. The first-order chi connectivity index (χ1) is 32.9. The number of carbonyl (C=O) groups is 2. The zero-order valence-corrected chi connectivity index (χ0v) is 46.2. The minimum atomic E-state index is -4.69. The molecule has 0 aromatic carbocycles. The average Bonchev–Trinajstić information content (AvgIpc) is 3.29. The van der Waals surface area contributed by atoms with Crippen LogP contribution in [-0.2, 0) is 27.9 Å². The minimum Gasteiger partial charge on any atom is -0.756 e. The lowest BCUT2D eigenvalue weighted by molar-refractivity contribution is -0.870. The molecule has 398 valence electrons. The minimum absolute atomic E-state index is 0.0245. The van der Waals surface area contributed by atoms with E-state index in [9.17, 15) is 19.0 Å². The van der Waals surface area contributed by atoms with Crippen LogP contribution in [0.25, 0.3) is 0 Å². The summed E-state index contributed by atoms with van der Waals surface area (Å²) < 4.78 is 30.2. The molecule has 0 heterocycles. The van der Waals surface area contributed by atoms with Gasteiger partial charge in [-0.05, 0) is 70.3 Å². The predicted molar refractivity (Wildman–Crippen MR) is 289 cm³/mol. The summed E-state index contributed by atoms with van der Waals surface area (Å²) in [6.07, 6.45) is 57.8. The Morgan fingerprint density at radius 2 is 0.897 bits per heavy atom. The van der Waals surface area contributed by atoms with Crippen LogP contribution in [0.3, 0.4) is 0 Å². The van der Waals surface area contributed by atoms with Gasteiger partial charge in [0.05, 0.1) is 33.8 Å². The molecular formula is C58H109N2O7P. The topological polar surface area (TPSA) is 114 Å². The van der Waals surface area contributed by atoms with E-state index in [2.05, 4.69) is 62.5 Å². The summed E-state index contributed by atoms with van der Waals surface area (Å²) in [5.74, 6) is -0.552. The van der Waals surface area contributed by atoms with Gasteiger partial charge in [0.1, 0.15) is 19.3 Å². The summed E-state index contributed by atoms with van der Waals surface area (Å²) in [5, 5.41) is 3.01. The Bertz CT molecular complexity index is 1310. The van der Waals surface area contributed by atoms with Gasteiger partial charge < -0.3 is 28.5 Å². The van der Waals surface area contributed by atoms with Crippen molar-refractivity contribution in [2.24, 2.45) is 0 Å². The third-order valence-corrected chi connectivity index (χ3v) is 13.5. The summed E-state index contributed by atoms with van der Waals surface area (Å²) in [7, 11) is 1.18. The Labute approximate surface area is 420 Å². The fourth-order valence-corrected chi connectivity index (χ4v) is 8.78. The standard InChI is InChI=1S/C58H109N2O7P/c1-7-10-13-16-19-22-25-27-28-29-30-31-32-33-36-38-41-44-47-50-57(61)59-55(54-66-68(63,64)65-53-52-60(4,5)6)56(49-46-43-40-37-35-26-23-20-17-14-11-8-2)67-58(62)51-48-45-42-39-34-24-21-18-15-12-9-3/h19,22,27-28,30-31,46,49,55-56H,7-18,20-21,23-26,29,32-45,47-48,50-54H2,1-6H3,(H-,59,61,63,64)/b22-19-,28-27-,31-30-,49-46-. The van der Waals surface area contributed by atoms with Crippen molar-refractivity contribution in [3.05, 3.63) is 48.6 Å². The number of esters is 1. The lowest BCUT2D eigenvalue weighted by atomic mass is 10.0. The maximum Gasteiger partial charge on any atom is 0.306 e. The number of nitrogens with zero attached hydrogens (tertiary/aromatic N) is 1. The molecule has 0 aromatic heterocycles. The summed E-state index contributed by atoms with van der Waals surface area (Å²) in [4.78, 5) is 39.8. The van der Waals surface area contributed by atoms with E-state index in [0.29, 0.717) is 17.4 Å². The van der Waals surface area contributed by atoms with E-state index in [1.54, 1.807) is 0 Å². The largest absolute Gasteiger partial charge is 0.756 e. The van der Waals surface area contributed by atoms with Crippen molar-refractivity contribution in [2.45, 2.75) is 270 Å². The van der Waals surface area contributed by atoms with Gasteiger partial charge in [0, 0.05) is 12.8 Å². The molecule has 68 heavy (non-hydrogen) atoms. The monoisotopic (exact) mass is 977 g/mol. The lowest BCUT2D eigenvalue weighted by Crippen LogP contribution is -2.47. The molecule has 0 rings (SSSR count). The summed E-state index contributed by atoms with van der Waals surface area (Å²) >= 11 is 0. The Morgan fingerprint density at radius 3 is 1.37 bits per heavy atom. The van der Waals surface area contributed by atoms with Gasteiger partial charge in [0.25, 0.3) is 7.82 Å². The van der Waals surface area contributed by atoms with Crippen molar-refractivity contribution < 1.29 is 37.3 Å². The molecule has 1 N–H and O–H groups in total. The lowest BCUT2D eigenvalue weighted by Gasteiger charge is -2.30. The molecule has 0 bridgehead atoms. The fraction of sp³-hybridized carbons (Fsp3) is 0.828. The maximum atomic E-state index is 13.5. The van der Waals surface area contributed by atoms with Crippen molar-refractivity contribution >= 4 is 19.7 Å². The van der Waals surface area contributed by atoms with Gasteiger partial charge in [-0.2, -0.15) is 0 Å². The van der Waals surface area contributed by atoms with Crippen molar-refractivity contribution in [3.8, 4) is 0 Å². The predicted octanol–water partition coefficient (Wildman–Crippen LogP) is 16.3. The second-order valence-corrected chi connectivity index (χ2v) is 21.9. The number of hydrogen-bond acceptors (Lipinski definition) is 7. The van der Waals surface area contributed by atoms with Crippen molar-refractivity contribution in [1.82, 2.24) is 5.32 Å². The van der Waals surface area contributed by atoms with E-state index < -0.39 is 26.6 Å². The highest BCUT2D eigenvalue weighted by Crippen LogP contribution is 2.38. The Morgan fingerprint density at radius 1 is 0.515 bits per heavy atom. The number of rotatable bonds is 51. The third-order valence-electron chi connectivity index (χ3n) is 12.5. The van der Waals surface area contributed by atoms with Crippen molar-refractivity contribution in [3.63, 3.8) is 0 Å². The Kier molecular flexibility index (Phi) is 47.1. The molecule has 0 radical (unpaired) electrons. The normalized spacial score (nSPS) is 14.2. The molecule has 0 aliphatic carbocycles. The summed E-state index contributed by atoms with van der Waals surface area (Å²) in [5.41, 5.74) is 0. The van der Waals surface area contributed by atoms with Crippen LogP contribution in [0.5, 0.6) is 0 Å². The van der Waals surface area contributed by atoms with Crippen LogP contribution in [0.2, 0.25) is 0 Å². The van der Waals surface area contributed by atoms with E-state index in [1.807, 2.05) is 33.3 Å². The van der Waals surface area contributed by atoms with Gasteiger partial charge in [-0.3, -0.25) is 14.2 Å². The third kappa shape index (κ3) is 49.0. The second-order valence-electron chi connectivity index (χ2n) is 20.4. The molecular weight excluding hydrogens is 868 g/mol. The number of likely N-dealkylation sites (N-methyl/N-ethyl adjacent to an activating group) is 1. The Balaban J connectivity index is 5.32. The average molecular weight is 977 g/mol. The number of nitrogens with one attached hydrogen (secondary N) is 1. The second kappa shape index (κ2) is 48.6. The highest BCUT2D eigenvalue weighted by Gasteiger charge is 2.27. The molecule has 0 spiro atoms. The number of ether oxygens (including phenoxy) is 1. The van der Waals surface area contributed by atoms with Gasteiger partial charge in [-0.15, -0.1) is 0 Å².